The number of hydrogen-bond acceptors (Lipinski definition) is 8. The van der Waals surface area contributed by atoms with Crippen molar-refractivity contribution < 1.29 is 14.5 Å². The van der Waals surface area contributed by atoms with Gasteiger partial charge in [0.15, 0.2) is 0 Å². The van der Waals surface area contributed by atoms with Gasteiger partial charge in [-0.2, -0.15) is 0 Å². The van der Waals surface area contributed by atoms with Gasteiger partial charge in [0.05, 0.1) is 4.92 Å². The van der Waals surface area contributed by atoms with Gasteiger partial charge in [-0.1, -0.05) is 23.9 Å². The van der Waals surface area contributed by atoms with Crippen molar-refractivity contribution >= 4 is 23.4 Å². The number of nitrogens with zero attached hydrogens (tertiary/aromatic N) is 3. The molecular weight excluding hydrogens is 346 g/mol. The average Bonchev–Trinajstić information content (AvgIpc) is 3.04. The van der Waals surface area contributed by atoms with E-state index in [0.29, 0.717) is 10.7 Å². The van der Waals surface area contributed by atoms with E-state index in [9.17, 15) is 14.9 Å². The second kappa shape index (κ2) is 7.19. The van der Waals surface area contributed by atoms with E-state index in [4.69, 9.17) is 10.5 Å². The summed E-state index contributed by atoms with van der Waals surface area (Å²) >= 11 is 1.15. The highest BCUT2D eigenvalue weighted by Crippen LogP contribution is 2.31. The molecule has 25 heavy (non-hydrogen) atoms. The molecule has 1 heterocycles. The molecule has 1 aromatic carbocycles. The number of ether oxygens (including phenoxy) is 1. The Balaban J connectivity index is 2.38. The molecule has 10 heteroatoms. The van der Waals surface area contributed by atoms with Crippen molar-refractivity contribution in [2.24, 2.45) is 5.73 Å². The van der Waals surface area contributed by atoms with Gasteiger partial charge in [0.1, 0.15) is 17.5 Å². The molecule has 3 N–H and O–H groups in total. The summed E-state index contributed by atoms with van der Waals surface area (Å²) in [6.07, 6.45) is 1.40. The van der Waals surface area contributed by atoms with Gasteiger partial charge in [0.25, 0.3) is 5.69 Å². The minimum Gasteiger partial charge on any atom is -0.458 e. The van der Waals surface area contributed by atoms with Crippen LogP contribution < -0.4 is 5.73 Å². The number of thioether (sulfide) groups is 1. The lowest BCUT2D eigenvalue weighted by atomic mass is 9.92. The van der Waals surface area contributed by atoms with E-state index in [2.05, 4.69) is 15.2 Å². The van der Waals surface area contributed by atoms with E-state index in [1.807, 2.05) is 0 Å². The number of nitrogens with one attached hydrogen (secondary N) is 1. The number of aromatic amines is 1. The lowest BCUT2D eigenvalue weighted by Crippen LogP contribution is -2.50. The Labute approximate surface area is 148 Å². The van der Waals surface area contributed by atoms with Gasteiger partial charge in [-0.25, -0.2) is 9.78 Å². The summed E-state index contributed by atoms with van der Waals surface area (Å²) in [5.41, 5.74) is 4.16. The van der Waals surface area contributed by atoms with Crippen LogP contribution in [0.3, 0.4) is 0 Å². The average molecular weight is 365 g/mol. The Morgan fingerprint density at radius 2 is 2.16 bits per heavy atom. The lowest BCUT2D eigenvalue weighted by Gasteiger charge is -2.31. The molecule has 0 fully saturated rings. The summed E-state index contributed by atoms with van der Waals surface area (Å²) in [7, 11) is 0. The Hall–Kier alpha value is -2.46. The first kappa shape index (κ1) is 18.9. The van der Waals surface area contributed by atoms with Crippen molar-refractivity contribution in [3.05, 3.63) is 46.3 Å². The van der Waals surface area contributed by atoms with Crippen LogP contribution in [0.5, 0.6) is 0 Å². The van der Waals surface area contributed by atoms with Crippen LogP contribution in [0.15, 0.2) is 35.7 Å². The zero-order valence-electron chi connectivity index (χ0n) is 14.1. The maximum absolute atomic E-state index is 12.7. The molecule has 0 radical (unpaired) electrons. The topological polar surface area (TPSA) is 137 Å². The zero-order valence-corrected chi connectivity index (χ0v) is 14.9. The van der Waals surface area contributed by atoms with E-state index >= 15 is 0 Å². The molecule has 1 atom stereocenters. The van der Waals surface area contributed by atoms with E-state index < -0.39 is 22.0 Å². The van der Waals surface area contributed by atoms with E-state index in [0.717, 1.165) is 11.8 Å². The number of nitrogens with two attached hydrogens (primary N) is 1. The third-order valence-corrected chi connectivity index (χ3v) is 4.21. The van der Waals surface area contributed by atoms with E-state index in [1.54, 1.807) is 26.8 Å². The second-order valence-electron chi connectivity index (χ2n) is 6.35. The Morgan fingerprint density at radius 1 is 1.44 bits per heavy atom. The predicted octanol–water partition coefficient (Wildman–Crippen LogP) is 2.00. The molecule has 0 spiro atoms. The number of H-pyrrole nitrogens is 1. The number of rotatable bonds is 6. The molecule has 0 amide bonds. The van der Waals surface area contributed by atoms with Gasteiger partial charge < -0.3 is 10.5 Å². The first-order valence-corrected chi connectivity index (χ1v) is 8.36. The van der Waals surface area contributed by atoms with Crippen LogP contribution in [-0.2, 0) is 15.1 Å². The highest BCUT2D eigenvalue weighted by Gasteiger charge is 2.41. The molecule has 0 saturated carbocycles. The smallest absolute Gasteiger partial charge is 0.332 e. The van der Waals surface area contributed by atoms with Gasteiger partial charge in [0, 0.05) is 17.9 Å². The molecule has 0 saturated heterocycles. The van der Waals surface area contributed by atoms with Gasteiger partial charge in [-0.3, -0.25) is 15.2 Å². The van der Waals surface area contributed by atoms with Crippen LogP contribution in [0.2, 0.25) is 0 Å². The van der Waals surface area contributed by atoms with Crippen molar-refractivity contribution in [2.75, 3.05) is 5.75 Å². The van der Waals surface area contributed by atoms with Crippen molar-refractivity contribution in [1.29, 1.82) is 0 Å². The zero-order chi connectivity index (χ0) is 18.7. The summed E-state index contributed by atoms with van der Waals surface area (Å²) in [6, 6.07) is 5.66. The number of carbonyl (C=O) groups excluding carboxylic acids is 1. The lowest BCUT2D eigenvalue weighted by molar-refractivity contribution is -0.384. The molecule has 1 aromatic heterocycles. The summed E-state index contributed by atoms with van der Waals surface area (Å²) in [4.78, 5) is 27.2. The number of aromatic nitrogens is 3. The van der Waals surface area contributed by atoms with Crippen LogP contribution in [0.25, 0.3) is 0 Å². The van der Waals surface area contributed by atoms with Crippen molar-refractivity contribution in [3.63, 3.8) is 0 Å². The fourth-order valence-electron chi connectivity index (χ4n) is 1.97. The maximum Gasteiger partial charge on any atom is 0.332 e. The number of hydrogen-bond donors (Lipinski definition) is 2. The molecule has 134 valence electrons. The fraction of sp³-hybridized carbons (Fsp3) is 0.400. The fourth-order valence-corrected chi connectivity index (χ4v) is 2.86. The van der Waals surface area contributed by atoms with Gasteiger partial charge in [-0.05, 0) is 26.3 Å². The standard InChI is InChI=1S/C15H19N5O4S/c1-14(2,3)24-12(21)15(16,8-25-13-17-9-18-19-13)10-5-4-6-11(7-10)20(22)23/h4-7,9H,8,16H2,1-3H3,(H,17,18,19). The quantitative estimate of drug-likeness (QED) is 0.343. The van der Waals surface area contributed by atoms with Crippen LogP contribution >= 0.6 is 11.8 Å². The number of non-ortho nitro benzene ring substituents is 1. The van der Waals surface area contributed by atoms with Crippen molar-refractivity contribution in [3.8, 4) is 0 Å². The summed E-state index contributed by atoms with van der Waals surface area (Å²) in [6.45, 7) is 5.17. The highest BCUT2D eigenvalue weighted by atomic mass is 32.2. The molecule has 2 aromatic rings. The van der Waals surface area contributed by atoms with Gasteiger partial charge in [0.2, 0.25) is 5.16 Å². The van der Waals surface area contributed by atoms with E-state index in [-0.39, 0.29) is 11.4 Å². The minimum absolute atomic E-state index is 0.0565. The Bertz CT molecular complexity index is 760. The highest BCUT2D eigenvalue weighted by molar-refractivity contribution is 7.99. The minimum atomic E-state index is -1.59. The number of nitro groups is 1. The van der Waals surface area contributed by atoms with Gasteiger partial charge >= 0.3 is 5.97 Å². The molecule has 0 bridgehead atoms. The Kier molecular flexibility index (Phi) is 5.43. The molecular formula is C15H19N5O4S. The van der Waals surface area contributed by atoms with Crippen molar-refractivity contribution in [2.45, 2.75) is 37.1 Å². The van der Waals surface area contributed by atoms with Crippen LogP contribution in [0, 0.1) is 10.1 Å². The molecule has 0 aliphatic carbocycles. The number of nitro benzene ring substituents is 1. The van der Waals surface area contributed by atoms with E-state index in [1.165, 1.54) is 24.5 Å². The van der Waals surface area contributed by atoms with Gasteiger partial charge in [-0.15, -0.1) is 5.10 Å². The molecule has 0 aliphatic rings. The maximum atomic E-state index is 12.7. The summed E-state index contributed by atoms with van der Waals surface area (Å²) in [5, 5.41) is 17.9. The van der Waals surface area contributed by atoms with Crippen LogP contribution in [-0.4, -0.2) is 37.4 Å². The number of benzene rings is 1. The largest absolute Gasteiger partial charge is 0.458 e. The third-order valence-electron chi connectivity index (χ3n) is 3.16. The molecule has 0 aliphatic heterocycles. The number of carbonyl (C=O) groups is 1. The number of esters is 1. The predicted molar refractivity (Wildman–Crippen MR) is 91.9 cm³/mol. The van der Waals surface area contributed by atoms with Crippen LogP contribution in [0.4, 0.5) is 5.69 Å². The third kappa shape index (κ3) is 4.77. The molecule has 2 rings (SSSR count). The first-order valence-electron chi connectivity index (χ1n) is 7.38. The Morgan fingerprint density at radius 3 is 2.72 bits per heavy atom. The summed E-state index contributed by atoms with van der Waals surface area (Å²) < 4.78 is 5.43. The SMILES string of the molecule is CC(C)(C)OC(=O)C(N)(CSc1nc[nH]n1)c1cccc([N+](=O)[O-])c1. The second-order valence-corrected chi connectivity index (χ2v) is 7.29. The molecule has 9 nitrogen and oxygen atoms in total. The van der Waals surface area contributed by atoms with Crippen molar-refractivity contribution in [1.82, 2.24) is 15.2 Å². The first-order chi connectivity index (χ1) is 11.6. The molecule has 1 unspecified atom stereocenters. The normalized spacial score (nSPS) is 13.9. The summed E-state index contributed by atoms with van der Waals surface area (Å²) in [5.74, 6) is -0.621. The van der Waals surface area contributed by atoms with Crippen LogP contribution in [0.1, 0.15) is 26.3 Å². The monoisotopic (exact) mass is 365 g/mol.